The third-order valence-electron chi connectivity index (χ3n) is 5.64. The van der Waals surface area contributed by atoms with Gasteiger partial charge in [0.15, 0.2) is 17.3 Å². The number of amides is 2. The molecule has 0 aliphatic carbocycles. The summed E-state index contributed by atoms with van der Waals surface area (Å²) in [6, 6.07) is 0.292. The summed E-state index contributed by atoms with van der Waals surface area (Å²) in [5.74, 6) is -4.51. The fourth-order valence-electron chi connectivity index (χ4n) is 3.96. The molecule has 2 amide bonds. The van der Waals surface area contributed by atoms with Gasteiger partial charge >= 0.3 is 0 Å². The summed E-state index contributed by atoms with van der Waals surface area (Å²) < 4.78 is 43.7. The first-order valence-corrected chi connectivity index (χ1v) is 11.5. The van der Waals surface area contributed by atoms with E-state index in [9.17, 15) is 22.8 Å². The van der Waals surface area contributed by atoms with Crippen molar-refractivity contribution in [3.63, 3.8) is 0 Å². The monoisotopic (exact) mass is 492 g/mol. The van der Waals surface area contributed by atoms with Gasteiger partial charge in [-0.3, -0.25) is 9.59 Å². The van der Waals surface area contributed by atoms with Crippen LogP contribution in [0.25, 0.3) is 11.4 Å². The maximum Gasteiger partial charge on any atom is 0.272 e. The zero-order valence-electron chi connectivity index (χ0n) is 18.6. The van der Waals surface area contributed by atoms with Gasteiger partial charge in [0.1, 0.15) is 17.7 Å². The molecule has 4 rings (SSSR count). The number of nitrogens with one attached hydrogen (secondary N) is 2. The molecule has 0 spiro atoms. The lowest BCUT2D eigenvalue weighted by atomic mass is 10.1. The second-order valence-electron chi connectivity index (χ2n) is 8.04. The van der Waals surface area contributed by atoms with Crippen LogP contribution >= 0.6 is 11.3 Å². The lowest BCUT2D eigenvalue weighted by Crippen LogP contribution is -2.47. The normalized spacial score (nSPS) is 14.9. The fraction of sp³-hybridized carbons (Fsp3) is 0.364. The number of thiazole rings is 1. The van der Waals surface area contributed by atoms with E-state index < -0.39 is 35.3 Å². The van der Waals surface area contributed by atoms with E-state index in [4.69, 9.17) is 0 Å². The fourth-order valence-corrected chi connectivity index (χ4v) is 4.53. The molecule has 0 fully saturated rings. The van der Waals surface area contributed by atoms with Crippen LogP contribution in [-0.4, -0.2) is 57.9 Å². The van der Waals surface area contributed by atoms with Crippen molar-refractivity contribution in [1.29, 1.82) is 0 Å². The first-order valence-electron chi connectivity index (χ1n) is 10.6. The minimum Gasteiger partial charge on any atom is -0.357 e. The van der Waals surface area contributed by atoms with Crippen molar-refractivity contribution in [3.05, 3.63) is 57.6 Å². The van der Waals surface area contributed by atoms with E-state index in [1.807, 2.05) is 11.9 Å². The maximum atomic E-state index is 14.6. The number of imidazole rings is 1. The van der Waals surface area contributed by atoms with Gasteiger partial charge in [-0.25, -0.2) is 23.1 Å². The Morgan fingerprint density at radius 2 is 1.94 bits per heavy atom. The number of hydrogen-bond acceptors (Lipinski definition) is 6. The van der Waals surface area contributed by atoms with E-state index in [1.165, 1.54) is 18.4 Å². The molecule has 1 aliphatic rings. The molecule has 1 unspecified atom stereocenters. The predicted molar refractivity (Wildman–Crippen MR) is 120 cm³/mol. The number of aromatic nitrogens is 3. The smallest absolute Gasteiger partial charge is 0.272 e. The molecule has 12 heteroatoms. The Bertz CT molecular complexity index is 1210. The maximum absolute atomic E-state index is 14.6. The van der Waals surface area contributed by atoms with Gasteiger partial charge in [-0.05, 0) is 26.1 Å². The third-order valence-corrected chi connectivity index (χ3v) is 6.28. The molecule has 0 bridgehead atoms. The number of hydrogen-bond donors (Lipinski definition) is 2. The van der Waals surface area contributed by atoms with E-state index in [1.54, 1.807) is 15.5 Å². The van der Waals surface area contributed by atoms with Gasteiger partial charge in [-0.2, -0.15) is 0 Å². The number of carbonyl (C=O) groups is 2. The molecule has 0 saturated carbocycles. The largest absolute Gasteiger partial charge is 0.357 e. The number of halogens is 3. The highest BCUT2D eigenvalue weighted by molar-refractivity contribution is 7.07. The molecule has 1 aliphatic heterocycles. The zero-order chi connectivity index (χ0) is 24.4. The summed E-state index contributed by atoms with van der Waals surface area (Å²) in [5.41, 5.74) is 2.54. The molecule has 3 heterocycles. The third kappa shape index (κ3) is 4.82. The summed E-state index contributed by atoms with van der Waals surface area (Å²) >= 11 is 1.37. The summed E-state index contributed by atoms with van der Waals surface area (Å²) in [4.78, 5) is 36.2. The molecule has 0 saturated heterocycles. The molecular weight excluding hydrogens is 469 g/mol. The Kier molecular flexibility index (Phi) is 6.98. The van der Waals surface area contributed by atoms with E-state index >= 15 is 0 Å². The minimum absolute atomic E-state index is 0.0000593. The lowest BCUT2D eigenvalue weighted by Gasteiger charge is -2.17. The minimum atomic E-state index is -1.31. The van der Waals surface area contributed by atoms with Gasteiger partial charge in [0, 0.05) is 38.0 Å². The molecule has 1 aromatic carbocycles. The average molecular weight is 493 g/mol. The van der Waals surface area contributed by atoms with Crippen LogP contribution in [0.4, 0.5) is 13.2 Å². The zero-order valence-corrected chi connectivity index (χ0v) is 19.4. The Morgan fingerprint density at radius 3 is 2.65 bits per heavy atom. The molecule has 1 atom stereocenters. The molecule has 180 valence electrons. The van der Waals surface area contributed by atoms with E-state index in [0.717, 1.165) is 6.07 Å². The van der Waals surface area contributed by atoms with Crippen molar-refractivity contribution in [3.8, 4) is 11.4 Å². The van der Waals surface area contributed by atoms with Crippen LogP contribution in [-0.2, 0) is 24.3 Å². The Morgan fingerprint density at radius 1 is 1.18 bits per heavy atom. The van der Waals surface area contributed by atoms with E-state index in [-0.39, 0.29) is 23.5 Å². The quantitative estimate of drug-likeness (QED) is 0.516. The van der Waals surface area contributed by atoms with Gasteiger partial charge < -0.3 is 20.1 Å². The summed E-state index contributed by atoms with van der Waals surface area (Å²) in [5, 5.41) is 7.01. The molecule has 3 aromatic rings. The predicted octanol–water partition coefficient (Wildman–Crippen LogP) is 2.35. The van der Waals surface area contributed by atoms with Crippen LogP contribution in [0.5, 0.6) is 0 Å². The molecule has 2 N–H and O–H groups in total. The number of likely N-dealkylation sites (N-methyl/N-ethyl adjacent to an activating group) is 1. The standard InChI is InChI=1S/C22H23F3N6O2S/c1-26-21(32)17(6-12-10-34-11-27-12)28-22(33)19-18-9-30(2)4-3-5-31(18)20(29-19)13-7-15(24)16(25)8-14(13)23/h7-8,10-11,17H,3-6,9H2,1-2H3,(H,26,32)(H,28,33). The van der Waals surface area contributed by atoms with Crippen molar-refractivity contribution in [2.45, 2.75) is 32.0 Å². The van der Waals surface area contributed by atoms with Crippen LogP contribution in [0.15, 0.2) is 23.0 Å². The summed E-state index contributed by atoms with van der Waals surface area (Å²) in [7, 11) is 3.34. The number of rotatable bonds is 6. The summed E-state index contributed by atoms with van der Waals surface area (Å²) in [6.07, 6.45) is 0.861. The van der Waals surface area contributed by atoms with Gasteiger partial charge in [0.2, 0.25) is 5.91 Å². The van der Waals surface area contributed by atoms with Crippen molar-refractivity contribution < 1.29 is 22.8 Å². The molecule has 8 nitrogen and oxygen atoms in total. The van der Waals surface area contributed by atoms with Gasteiger partial charge in [0.05, 0.1) is 22.5 Å². The van der Waals surface area contributed by atoms with E-state index in [2.05, 4.69) is 20.6 Å². The molecule has 34 heavy (non-hydrogen) atoms. The van der Waals surface area contributed by atoms with Crippen molar-refractivity contribution in [2.24, 2.45) is 0 Å². The van der Waals surface area contributed by atoms with E-state index in [0.29, 0.717) is 43.5 Å². The van der Waals surface area contributed by atoms with Crippen LogP contribution in [0.1, 0.15) is 28.3 Å². The second-order valence-corrected chi connectivity index (χ2v) is 8.76. The Hall–Kier alpha value is -3.25. The van der Waals surface area contributed by atoms with Crippen LogP contribution in [0, 0.1) is 17.5 Å². The summed E-state index contributed by atoms with van der Waals surface area (Å²) in [6.45, 7) is 1.45. The first kappa shape index (κ1) is 23.9. The number of benzene rings is 1. The van der Waals surface area contributed by atoms with Crippen molar-refractivity contribution >= 4 is 23.2 Å². The highest BCUT2D eigenvalue weighted by atomic mass is 32.1. The van der Waals surface area contributed by atoms with Crippen LogP contribution < -0.4 is 10.6 Å². The molecule has 2 aromatic heterocycles. The number of fused-ring (bicyclic) bond motifs is 1. The van der Waals surface area contributed by atoms with Crippen LogP contribution in [0.3, 0.4) is 0 Å². The first-order chi connectivity index (χ1) is 16.3. The lowest BCUT2D eigenvalue weighted by molar-refractivity contribution is -0.122. The van der Waals surface area contributed by atoms with Crippen molar-refractivity contribution in [2.75, 3.05) is 20.6 Å². The molecule has 0 radical (unpaired) electrons. The topological polar surface area (TPSA) is 92.1 Å². The number of nitrogens with zero attached hydrogens (tertiary/aromatic N) is 4. The van der Waals surface area contributed by atoms with Gasteiger partial charge in [-0.15, -0.1) is 11.3 Å². The molecular formula is C22H23F3N6O2S. The van der Waals surface area contributed by atoms with Crippen molar-refractivity contribution in [1.82, 2.24) is 30.1 Å². The number of carbonyl (C=O) groups excluding carboxylic acids is 2. The van der Waals surface area contributed by atoms with Gasteiger partial charge in [-0.1, -0.05) is 0 Å². The highest BCUT2D eigenvalue weighted by Crippen LogP contribution is 2.29. The van der Waals surface area contributed by atoms with Gasteiger partial charge in [0.25, 0.3) is 5.91 Å². The Balaban J connectivity index is 1.74. The average Bonchev–Trinajstić information content (AvgIpc) is 3.39. The second kappa shape index (κ2) is 9.94. The highest BCUT2D eigenvalue weighted by Gasteiger charge is 2.30. The SMILES string of the molecule is CNC(=O)C(Cc1cscn1)NC(=O)c1nc(-c2cc(F)c(F)cc2F)n2c1CN(C)CCC2. The Labute approximate surface area is 197 Å². The van der Waals surface area contributed by atoms with Crippen LogP contribution in [0.2, 0.25) is 0 Å².